The summed E-state index contributed by atoms with van der Waals surface area (Å²) in [4.78, 5) is 0. The molecule has 0 spiro atoms. The Morgan fingerprint density at radius 3 is 2.79 bits per heavy atom. The average molecular weight is 261 g/mol. The highest BCUT2D eigenvalue weighted by Crippen LogP contribution is 2.19. The van der Waals surface area contributed by atoms with E-state index in [2.05, 4.69) is 21.7 Å². The number of aliphatic hydroxyl groups is 1. The largest absolute Gasteiger partial charge is 0.485 e. The molecule has 2 rings (SSSR count). The van der Waals surface area contributed by atoms with Crippen LogP contribution in [0.25, 0.3) is 0 Å². The predicted octanol–water partition coefficient (Wildman–Crippen LogP) is 2.07. The average Bonchev–Trinajstić information content (AvgIpc) is 2.78. The number of aliphatic hydroxyl groups excluding tert-OH is 1. The van der Waals surface area contributed by atoms with Crippen molar-refractivity contribution in [2.24, 2.45) is 0 Å². The van der Waals surface area contributed by atoms with Gasteiger partial charge in [0.15, 0.2) is 5.82 Å². The van der Waals surface area contributed by atoms with Crippen LogP contribution in [0.1, 0.15) is 30.6 Å². The van der Waals surface area contributed by atoms with E-state index in [0.29, 0.717) is 12.4 Å². The van der Waals surface area contributed by atoms with Crippen LogP contribution in [0.5, 0.6) is 5.75 Å². The van der Waals surface area contributed by atoms with Crippen LogP contribution in [0.2, 0.25) is 0 Å². The molecule has 0 amide bonds. The fourth-order valence-corrected chi connectivity index (χ4v) is 1.96. The summed E-state index contributed by atoms with van der Waals surface area (Å²) in [5.74, 6) is 2.40. The van der Waals surface area contributed by atoms with E-state index < -0.39 is 0 Å². The van der Waals surface area contributed by atoms with Crippen LogP contribution in [0.3, 0.4) is 0 Å². The summed E-state index contributed by atoms with van der Waals surface area (Å²) in [6, 6.07) is 7.45. The SMILES string of the molecule is CCCn1c(C)nnc1COc1ccccc1CO. The van der Waals surface area contributed by atoms with Crippen molar-refractivity contribution >= 4 is 0 Å². The third-order valence-electron chi connectivity index (χ3n) is 2.96. The zero-order chi connectivity index (χ0) is 13.7. The lowest BCUT2D eigenvalue weighted by atomic mass is 10.2. The van der Waals surface area contributed by atoms with E-state index in [0.717, 1.165) is 30.2 Å². The second kappa shape index (κ2) is 6.33. The van der Waals surface area contributed by atoms with Crippen molar-refractivity contribution in [3.05, 3.63) is 41.5 Å². The highest BCUT2D eigenvalue weighted by molar-refractivity contribution is 5.32. The van der Waals surface area contributed by atoms with Crippen molar-refractivity contribution in [2.75, 3.05) is 0 Å². The molecule has 0 bridgehead atoms. The zero-order valence-corrected chi connectivity index (χ0v) is 11.3. The lowest BCUT2D eigenvalue weighted by molar-refractivity contribution is 0.253. The molecule has 1 N–H and O–H groups in total. The number of ether oxygens (including phenoxy) is 1. The molecule has 1 aromatic carbocycles. The lowest BCUT2D eigenvalue weighted by Crippen LogP contribution is -2.09. The van der Waals surface area contributed by atoms with Crippen molar-refractivity contribution in [1.29, 1.82) is 0 Å². The Kier molecular flexibility index (Phi) is 4.52. The third-order valence-corrected chi connectivity index (χ3v) is 2.96. The van der Waals surface area contributed by atoms with Gasteiger partial charge in [-0.1, -0.05) is 25.1 Å². The van der Waals surface area contributed by atoms with Crippen LogP contribution < -0.4 is 4.74 Å². The van der Waals surface area contributed by atoms with E-state index in [-0.39, 0.29) is 6.61 Å². The number of para-hydroxylation sites is 1. The Labute approximate surface area is 112 Å². The number of hydrogen-bond acceptors (Lipinski definition) is 4. The second-order valence-electron chi connectivity index (χ2n) is 4.37. The van der Waals surface area contributed by atoms with Gasteiger partial charge in [-0.25, -0.2) is 0 Å². The van der Waals surface area contributed by atoms with Gasteiger partial charge in [-0.2, -0.15) is 0 Å². The molecule has 0 atom stereocenters. The molecule has 2 aromatic rings. The first-order valence-electron chi connectivity index (χ1n) is 6.46. The molecule has 0 fully saturated rings. The molecule has 1 heterocycles. The topological polar surface area (TPSA) is 60.2 Å². The number of benzene rings is 1. The second-order valence-corrected chi connectivity index (χ2v) is 4.37. The molecule has 19 heavy (non-hydrogen) atoms. The lowest BCUT2D eigenvalue weighted by Gasteiger charge is -2.11. The maximum absolute atomic E-state index is 9.25. The number of aromatic nitrogens is 3. The van der Waals surface area contributed by atoms with E-state index >= 15 is 0 Å². The van der Waals surface area contributed by atoms with Crippen LogP contribution in [-0.2, 0) is 19.8 Å². The van der Waals surface area contributed by atoms with Crippen molar-refractivity contribution in [2.45, 2.75) is 40.0 Å². The van der Waals surface area contributed by atoms with Crippen LogP contribution in [0.15, 0.2) is 24.3 Å². The minimum Gasteiger partial charge on any atom is -0.485 e. The first-order valence-corrected chi connectivity index (χ1v) is 6.46. The van der Waals surface area contributed by atoms with Crippen molar-refractivity contribution in [1.82, 2.24) is 14.8 Å². The fourth-order valence-electron chi connectivity index (χ4n) is 1.96. The Morgan fingerprint density at radius 2 is 2.05 bits per heavy atom. The van der Waals surface area contributed by atoms with Gasteiger partial charge in [0.25, 0.3) is 0 Å². The van der Waals surface area contributed by atoms with Crippen LogP contribution >= 0.6 is 0 Å². The highest BCUT2D eigenvalue weighted by Gasteiger charge is 2.09. The van der Waals surface area contributed by atoms with Gasteiger partial charge < -0.3 is 14.4 Å². The maximum Gasteiger partial charge on any atom is 0.171 e. The van der Waals surface area contributed by atoms with Gasteiger partial charge in [0.1, 0.15) is 18.2 Å². The van der Waals surface area contributed by atoms with Gasteiger partial charge in [-0.05, 0) is 19.4 Å². The summed E-state index contributed by atoms with van der Waals surface area (Å²) < 4.78 is 7.79. The summed E-state index contributed by atoms with van der Waals surface area (Å²) in [5.41, 5.74) is 0.778. The first-order chi connectivity index (χ1) is 9.26. The molecule has 0 aliphatic heterocycles. The van der Waals surface area contributed by atoms with Gasteiger partial charge in [-0.15, -0.1) is 10.2 Å². The molecule has 5 heteroatoms. The van der Waals surface area contributed by atoms with Gasteiger partial charge in [0.05, 0.1) is 6.61 Å². The summed E-state index contributed by atoms with van der Waals surface area (Å²) in [6.45, 7) is 5.27. The molecule has 1 aromatic heterocycles. The number of nitrogens with zero attached hydrogens (tertiary/aromatic N) is 3. The Hall–Kier alpha value is -1.88. The summed E-state index contributed by atoms with van der Waals surface area (Å²) >= 11 is 0. The van der Waals surface area contributed by atoms with Crippen molar-refractivity contribution in [3.8, 4) is 5.75 Å². The van der Waals surface area contributed by atoms with E-state index in [1.807, 2.05) is 31.2 Å². The minimum atomic E-state index is -0.0309. The molecule has 0 unspecified atom stereocenters. The molecule has 0 radical (unpaired) electrons. The van der Waals surface area contributed by atoms with E-state index in [1.165, 1.54) is 0 Å². The maximum atomic E-state index is 9.25. The van der Waals surface area contributed by atoms with E-state index in [1.54, 1.807) is 0 Å². The van der Waals surface area contributed by atoms with Gasteiger partial charge in [0, 0.05) is 12.1 Å². The monoisotopic (exact) mass is 261 g/mol. The Bertz CT molecular complexity index is 537. The first kappa shape index (κ1) is 13.5. The molecule has 102 valence electrons. The number of aryl methyl sites for hydroxylation is 1. The fraction of sp³-hybridized carbons (Fsp3) is 0.429. The van der Waals surface area contributed by atoms with Gasteiger partial charge in [-0.3, -0.25) is 0 Å². The van der Waals surface area contributed by atoms with Gasteiger partial charge >= 0.3 is 0 Å². The minimum absolute atomic E-state index is 0.0309. The normalized spacial score (nSPS) is 10.7. The highest BCUT2D eigenvalue weighted by atomic mass is 16.5. The molecular formula is C14H19N3O2. The van der Waals surface area contributed by atoms with Gasteiger partial charge in [0.2, 0.25) is 0 Å². The number of hydrogen-bond donors (Lipinski definition) is 1. The quantitative estimate of drug-likeness (QED) is 0.864. The third kappa shape index (κ3) is 3.12. The Morgan fingerprint density at radius 1 is 1.26 bits per heavy atom. The van der Waals surface area contributed by atoms with E-state index in [9.17, 15) is 5.11 Å². The molecule has 0 aliphatic carbocycles. The number of rotatable bonds is 6. The summed E-state index contributed by atoms with van der Waals surface area (Å²) in [7, 11) is 0. The zero-order valence-electron chi connectivity index (χ0n) is 11.3. The molecule has 0 saturated heterocycles. The Balaban J connectivity index is 2.10. The summed E-state index contributed by atoms with van der Waals surface area (Å²) in [5, 5.41) is 17.4. The van der Waals surface area contributed by atoms with Crippen LogP contribution in [0.4, 0.5) is 0 Å². The molecule has 0 saturated carbocycles. The molecule has 0 aliphatic rings. The van der Waals surface area contributed by atoms with Crippen molar-refractivity contribution < 1.29 is 9.84 Å². The van der Waals surface area contributed by atoms with Crippen molar-refractivity contribution in [3.63, 3.8) is 0 Å². The van der Waals surface area contributed by atoms with Crippen LogP contribution in [-0.4, -0.2) is 19.9 Å². The summed E-state index contributed by atoms with van der Waals surface area (Å²) in [6.07, 6.45) is 1.03. The smallest absolute Gasteiger partial charge is 0.171 e. The van der Waals surface area contributed by atoms with Crippen LogP contribution in [0, 0.1) is 6.92 Å². The predicted molar refractivity (Wildman–Crippen MR) is 71.7 cm³/mol. The standard InChI is InChI=1S/C14H19N3O2/c1-3-8-17-11(2)15-16-14(17)10-19-13-7-5-4-6-12(13)9-18/h4-7,18H,3,8-10H2,1-2H3. The molecule has 5 nitrogen and oxygen atoms in total. The molecular weight excluding hydrogens is 242 g/mol. The van der Waals surface area contributed by atoms with E-state index in [4.69, 9.17) is 4.74 Å².